The minimum Gasteiger partial charge on any atom is -0.235 e. The maximum absolute atomic E-state index is 2.50. The molecule has 0 aliphatic carbocycles. The average molecular weight is 322 g/mol. The minimum atomic E-state index is 1.10. The number of aryl methyl sites for hydroxylation is 2. The van der Waals surface area contributed by atoms with Crippen LogP contribution in [0, 0.1) is 0 Å². The second kappa shape index (κ2) is 13.6. The van der Waals surface area contributed by atoms with E-state index in [1.165, 1.54) is 95.8 Å². The molecular weight excluding hydrogens is 280 g/mol. The zero-order chi connectivity index (χ0) is 16.8. The van der Waals surface area contributed by atoms with Crippen molar-refractivity contribution in [3.05, 3.63) is 18.2 Å². The molecule has 0 saturated carbocycles. The molecule has 2 nitrogen and oxygen atoms in total. The van der Waals surface area contributed by atoms with Gasteiger partial charge in [0.2, 0.25) is 0 Å². The zero-order valence-corrected chi connectivity index (χ0v) is 16.2. The number of imidazole rings is 1. The summed E-state index contributed by atoms with van der Waals surface area (Å²) < 4.78 is 4.93. The number of hydrogen-bond donors (Lipinski definition) is 0. The lowest BCUT2D eigenvalue weighted by atomic mass is 10.1. The molecule has 2 heteroatoms. The van der Waals surface area contributed by atoms with E-state index in [1.807, 2.05) is 0 Å². The first-order chi connectivity index (χ1) is 11.3. The van der Waals surface area contributed by atoms with Gasteiger partial charge in [0.15, 0.2) is 0 Å². The molecule has 0 radical (unpaired) electrons. The molecule has 0 bridgehead atoms. The predicted molar refractivity (Wildman–Crippen MR) is 101 cm³/mol. The molecule has 1 aromatic rings. The van der Waals surface area contributed by atoms with Gasteiger partial charge in [-0.2, -0.15) is 0 Å². The van der Waals surface area contributed by atoms with Crippen molar-refractivity contribution < 1.29 is 4.57 Å². The molecule has 134 valence electrons. The molecule has 0 spiro atoms. The molecule has 0 aromatic carbocycles. The Bertz CT molecular complexity index is 381. The van der Waals surface area contributed by atoms with Gasteiger partial charge in [0.25, 0.3) is 5.82 Å². The van der Waals surface area contributed by atoms with E-state index >= 15 is 0 Å². The average Bonchev–Trinajstić information content (AvgIpc) is 2.96. The van der Waals surface area contributed by atoms with Crippen molar-refractivity contribution in [3.8, 4) is 0 Å². The van der Waals surface area contributed by atoms with E-state index in [4.69, 9.17) is 0 Å². The van der Waals surface area contributed by atoms with E-state index < -0.39 is 0 Å². The Hall–Kier alpha value is -0.790. The van der Waals surface area contributed by atoms with Crippen LogP contribution in [0.1, 0.15) is 104 Å². The van der Waals surface area contributed by atoms with Gasteiger partial charge in [-0.1, -0.05) is 71.6 Å². The van der Waals surface area contributed by atoms with Crippen molar-refractivity contribution in [1.29, 1.82) is 0 Å². The second-order valence-corrected chi connectivity index (χ2v) is 6.98. The Morgan fingerprint density at radius 2 is 1.30 bits per heavy atom. The van der Waals surface area contributed by atoms with Gasteiger partial charge in [0.1, 0.15) is 12.4 Å². The van der Waals surface area contributed by atoms with Gasteiger partial charge in [-0.25, -0.2) is 9.13 Å². The van der Waals surface area contributed by atoms with E-state index in [0.717, 1.165) is 6.54 Å². The summed E-state index contributed by atoms with van der Waals surface area (Å²) >= 11 is 0. The summed E-state index contributed by atoms with van der Waals surface area (Å²) in [5.41, 5.74) is 0. The van der Waals surface area contributed by atoms with Crippen LogP contribution in [0.15, 0.2) is 12.4 Å². The lowest BCUT2D eigenvalue weighted by molar-refractivity contribution is -0.704. The van der Waals surface area contributed by atoms with Crippen LogP contribution in [0.25, 0.3) is 0 Å². The van der Waals surface area contributed by atoms with Crippen LogP contribution >= 0.6 is 0 Å². The van der Waals surface area contributed by atoms with Crippen molar-refractivity contribution in [2.75, 3.05) is 0 Å². The third-order valence-electron chi connectivity index (χ3n) is 4.94. The van der Waals surface area contributed by atoms with Crippen LogP contribution in [0.3, 0.4) is 0 Å². The van der Waals surface area contributed by atoms with Crippen LogP contribution < -0.4 is 4.57 Å². The van der Waals surface area contributed by atoms with Gasteiger partial charge in [-0.3, -0.25) is 0 Å². The van der Waals surface area contributed by atoms with Crippen LogP contribution in [0.5, 0.6) is 0 Å². The Balaban J connectivity index is 2.12. The first-order valence-electron chi connectivity index (χ1n) is 10.4. The van der Waals surface area contributed by atoms with Gasteiger partial charge in [-0.15, -0.1) is 0 Å². The van der Waals surface area contributed by atoms with Crippen LogP contribution in [-0.4, -0.2) is 4.57 Å². The highest BCUT2D eigenvalue weighted by Crippen LogP contribution is 2.10. The van der Waals surface area contributed by atoms with Gasteiger partial charge in [-0.05, 0) is 26.2 Å². The molecule has 0 unspecified atom stereocenters. The Kier molecular flexibility index (Phi) is 12.0. The lowest BCUT2D eigenvalue weighted by Gasteiger charge is -2.04. The fourth-order valence-corrected chi connectivity index (χ4v) is 3.38. The molecule has 0 aliphatic heterocycles. The molecule has 23 heavy (non-hydrogen) atoms. The third-order valence-corrected chi connectivity index (χ3v) is 4.94. The minimum absolute atomic E-state index is 1.10. The largest absolute Gasteiger partial charge is 0.256 e. The predicted octanol–water partition coefficient (Wildman–Crippen LogP) is 6.06. The summed E-state index contributed by atoms with van der Waals surface area (Å²) in [5, 5.41) is 0. The zero-order valence-electron chi connectivity index (χ0n) is 16.2. The molecule has 0 fully saturated rings. The topological polar surface area (TPSA) is 8.81 Å². The number of hydrogen-bond acceptors (Lipinski definition) is 0. The van der Waals surface area contributed by atoms with Gasteiger partial charge in [0.05, 0.1) is 13.1 Å². The number of unbranched alkanes of at least 4 members (excludes halogenated alkanes) is 10. The number of rotatable bonds is 15. The fraction of sp³-hybridized carbons (Fsp3) is 0.857. The van der Waals surface area contributed by atoms with Crippen LogP contribution in [-0.2, 0) is 19.5 Å². The number of aromatic nitrogens is 2. The van der Waals surface area contributed by atoms with Gasteiger partial charge >= 0.3 is 0 Å². The summed E-state index contributed by atoms with van der Waals surface area (Å²) in [7, 11) is 0. The van der Waals surface area contributed by atoms with E-state index in [-0.39, 0.29) is 0 Å². The van der Waals surface area contributed by atoms with Crippen molar-refractivity contribution in [3.63, 3.8) is 0 Å². The maximum atomic E-state index is 2.50. The molecule has 1 aromatic heterocycles. The Morgan fingerprint density at radius 1 is 0.739 bits per heavy atom. The maximum Gasteiger partial charge on any atom is 0.256 e. The standard InChI is InChI=1S/C21H41N2/c1-4-7-9-10-11-12-13-14-15-16-18-23-20-19-22(6-3)21(23)17-8-5-2/h19-20H,4-18H2,1-3H3/q+1. The van der Waals surface area contributed by atoms with Gasteiger partial charge in [0, 0.05) is 6.42 Å². The molecular formula is C21H41N2+. The normalized spacial score (nSPS) is 11.3. The molecule has 1 rings (SSSR count). The first kappa shape index (κ1) is 20.3. The van der Waals surface area contributed by atoms with Crippen molar-refractivity contribution in [1.82, 2.24) is 4.57 Å². The SMILES string of the molecule is CCCCCCCCCCCC[n+]1ccn(CC)c1CCCC. The van der Waals surface area contributed by atoms with Crippen molar-refractivity contribution in [2.45, 2.75) is 117 Å². The first-order valence-corrected chi connectivity index (χ1v) is 10.4. The fourth-order valence-electron chi connectivity index (χ4n) is 3.38. The Labute approximate surface area is 145 Å². The van der Waals surface area contributed by atoms with E-state index in [0.29, 0.717) is 0 Å². The molecule has 0 amide bonds. The lowest BCUT2D eigenvalue weighted by Crippen LogP contribution is -2.37. The Morgan fingerprint density at radius 3 is 1.87 bits per heavy atom. The van der Waals surface area contributed by atoms with Crippen molar-refractivity contribution >= 4 is 0 Å². The smallest absolute Gasteiger partial charge is 0.235 e. The second-order valence-electron chi connectivity index (χ2n) is 6.98. The van der Waals surface area contributed by atoms with E-state index in [1.54, 1.807) is 0 Å². The highest BCUT2D eigenvalue weighted by Gasteiger charge is 2.14. The monoisotopic (exact) mass is 321 g/mol. The van der Waals surface area contributed by atoms with Gasteiger partial charge < -0.3 is 0 Å². The molecule has 0 N–H and O–H groups in total. The van der Waals surface area contributed by atoms with Crippen LogP contribution in [0.2, 0.25) is 0 Å². The van der Waals surface area contributed by atoms with Crippen molar-refractivity contribution in [2.24, 2.45) is 0 Å². The summed E-state index contributed by atoms with van der Waals surface area (Å²) in [4.78, 5) is 0. The third kappa shape index (κ3) is 8.58. The molecule has 1 heterocycles. The van der Waals surface area contributed by atoms with E-state index in [2.05, 4.69) is 42.3 Å². The summed E-state index contributed by atoms with van der Waals surface area (Å²) in [5.74, 6) is 1.53. The molecule has 0 saturated heterocycles. The highest BCUT2D eigenvalue weighted by atomic mass is 15.1. The summed E-state index contributed by atoms with van der Waals surface area (Å²) in [6, 6.07) is 0. The molecule has 0 aliphatic rings. The van der Waals surface area contributed by atoms with E-state index in [9.17, 15) is 0 Å². The molecule has 0 atom stereocenters. The summed E-state index contributed by atoms with van der Waals surface area (Å²) in [6.45, 7) is 9.14. The summed E-state index contributed by atoms with van der Waals surface area (Å²) in [6.07, 6.45) is 22.6. The quantitative estimate of drug-likeness (QED) is 0.274. The number of nitrogens with zero attached hydrogens (tertiary/aromatic N) is 2. The van der Waals surface area contributed by atoms with Crippen LogP contribution in [0.4, 0.5) is 0 Å². The highest BCUT2D eigenvalue weighted by molar-refractivity contribution is 4.83.